The number of carbonyl (C=O) groups is 1. The first-order chi connectivity index (χ1) is 10.0. The highest BCUT2D eigenvalue weighted by Crippen LogP contribution is 2.29. The van der Waals surface area contributed by atoms with Gasteiger partial charge in [-0.25, -0.2) is 9.18 Å². The molecule has 2 aromatic carbocycles. The van der Waals surface area contributed by atoms with Gasteiger partial charge in [-0.2, -0.15) is 0 Å². The van der Waals surface area contributed by atoms with Crippen molar-refractivity contribution >= 4 is 17.6 Å². The van der Waals surface area contributed by atoms with Crippen molar-refractivity contribution in [3.63, 3.8) is 0 Å². The summed E-state index contributed by atoms with van der Waals surface area (Å²) in [4.78, 5) is 10.9. The summed E-state index contributed by atoms with van der Waals surface area (Å²) in [6, 6.07) is 8.36. The smallest absolute Gasteiger partial charge is 0.335 e. The topological polar surface area (TPSA) is 55.8 Å². The zero-order chi connectivity index (χ0) is 15.4. The lowest BCUT2D eigenvalue weighted by molar-refractivity contribution is 0.0696. The van der Waals surface area contributed by atoms with Gasteiger partial charge in [0.25, 0.3) is 0 Å². The van der Waals surface area contributed by atoms with Crippen LogP contribution in [0.25, 0.3) is 0 Å². The lowest BCUT2D eigenvalue weighted by atomic mass is 10.2. The summed E-state index contributed by atoms with van der Waals surface area (Å²) in [5.74, 6) is -0.916. The van der Waals surface area contributed by atoms with Crippen molar-refractivity contribution in [2.24, 2.45) is 0 Å². The number of carboxylic acid groups (broad SMARTS) is 1. The highest BCUT2D eigenvalue weighted by Gasteiger charge is 2.11. The van der Waals surface area contributed by atoms with Gasteiger partial charge in [0.2, 0.25) is 0 Å². The van der Waals surface area contributed by atoms with E-state index in [0.717, 1.165) is 0 Å². The Balaban J connectivity index is 2.19. The fraction of sp³-hybridized carbons (Fsp3) is 0.133. The number of halogens is 2. The van der Waals surface area contributed by atoms with E-state index in [-0.39, 0.29) is 17.9 Å². The Morgan fingerprint density at radius 1 is 1.24 bits per heavy atom. The molecule has 0 saturated carbocycles. The van der Waals surface area contributed by atoms with Crippen molar-refractivity contribution in [1.29, 1.82) is 0 Å². The Bertz CT molecular complexity index is 673. The number of methoxy groups -OCH3 is 1. The van der Waals surface area contributed by atoms with Crippen LogP contribution < -0.4 is 9.47 Å². The predicted octanol–water partition coefficient (Wildman–Crippen LogP) is 3.76. The van der Waals surface area contributed by atoms with Crippen molar-refractivity contribution in [2.75, 3.05) is 7.11 Å². The van der Waals surface area contributed by atoms with E-state index < -0.39 is 11.8 Å². The van der Waals surface area contributed by atoms with Gasteiger partial charge in [0, 0.05) is 10.6 Å². The maximum atomic E-state index is 13.6. The van der Waals surface area contributed by atoms with E-state index in [9.17, 15) is 9.18 Å². The summed E-state index contributed by atoms with van der Waals surface area (Å²) in [7, 11) is 1.40. The number of carboxylic acids is 1. The molecule has 0 spiro atoms. The third-order valence-corrected chi connectivity index (χ3v) is 3.04. The summed E-state index contributed by atoms with van der Waals surface area (Å²) in [5.41, 5.74) is 0.375. The van der Waals surface area contributed by atoms with Crippen LogP contribution >= 0.6 is 11.6 Å². The van der Waals surface area contributed by atoms with Gasteiger partial charge >= 0.3 is 5.97 Å². The Hall–Kier alpha value is -2.27. The molecule has 110 valence electrons. The van der Waals surface area contributed by atoms with Crippen LogP contribution in [0.4, 0.5) is 4.39 Å². The summed E-state index contributed by atoms with van der Waals surface area (Å²) in [6.07, 6.45) is 0. The zero-order valence-electron chi connectivity index (χ0n) is 11.1. The largest absolute Gasteiger partial charge is 0.493 e. The van der Waals surface area contributed by atoms with Crippen molar-refractivity contribution in [2.45, 2.75) is 6.61 Å². The minimum Gasteiger partial charge on any atom is -0.493 e. The van der Waals surface area contributed by atoms with Gasteiger partial charge in [-0.1, -0.05) is 11.6 Å². The van der Waals surface area contributed by atoms with E-state index in [0.29, 0.717) is 16.3 Å². The molecule has 2 rings (SSSR count). The third kappa shape index (κ3) is 3.64. The molecule has 1 N–H and O–H groups in total. The lowest BCUT2D eigenvalue weighted by Crippen LogP contribution is -2.02. The Labute approximate surface area is 125 Å². The standard InChI is InChI=1S/C15H12ClFO4/c1-20-14-7-9(15(18)19)2-5-13(14)21-8-10-6-11(16)3-4-12(10)17/h2-7H,8H2,1H3,(H,18,19). The van der Waals surface area contributed by atoms with Crippen LogP contribution in [0.5, 0.6) is 11.5 Å². The van der Waals surface area contributed by atoms with E-state index in [1.54, 1.807) is 0 Å². The summed E-state index contributed by atoms with van der Waals surface area (Å²) in [6.45, 7) is -0.0465. The van der Waals surface area contributed by atoms with E-state index in [1.807, 2.05) is 0 Å². The van der Waals surface area contributed by atoms with Gasteiger partial charge < -0.3 is 14.6 Å². The molecule has 0 bridgehead atoms. The minimum atomic E-state index is -1.07. The molecule has 4 nitrogen and oxygen atoms in total. The van der Waals surface area contributed by atoms with Crippen molar-refractivity contribution in [1.82, 2.24) is 0 Å². The fourth-order valence-electron chi connectivity index (χ4n) is 1.73. The highest BCUT2D eigenvalue weighted by atomic mass is 35.5. The molecule has 6 heteroatoms. The first-order valence-electron chi connectivity index (χ1n) is 5.99. The molecule has 0 heterocycles. The zero-order valence-corrected chi connectivity index (χ0v) is 11.9. The SMILES string of the molecule is COc1cc(C(=O)O)ccc1OCc1cc(Cl)ccc1F. The number of rotatable bonds is 5. The number of benzene rings is 2. The number of hydrogen-bond acceptors (Lipinski definition) is 3. The van der Waals surface area contributed by atoms with Crippen LogP contribution in [0.15, 0.2) is 36.4 Å². The van der Waals surface area contributed by atoms with E-state index >= 15 is 0 Å². The van der Waals surface area contributed by atoms with E-state index in [2.05, 4.69) is 0 Å². The van der Waals surface area contributed by atoms with Gasteiger partial charge in [-0.05, 0) is 36.4 Å². The fourth-order valence-corrected chi connectivity index (χ4v) is 1.92. The second-order valence-electron chi connectivity index (χ2n) is 4.20. The minimum absolute atomic E-state index is 0.0465. The van der Waals surface area contributed by atoms with Gasteiger partial charge in [-0.15, -0.1) is 0 Å². The molecule has 0 aliphatic rings. The monoisotopic (exact) mass is 310 g/mol. The van der Waals surface area contributed by atoms with Crippen LogP contribution in [0.1, 0.15) is 15.9 Å². The van der Waals surface area contributed by atoms with Gasteiger partial charge in [-0.3, -0.25) is 0 Å². The molecule has 0 aliphatic heterocycles. The van der Waals surface area contributed by atoms with Crippen LogP contribution in [-0.2, 0) is 6.61 Å². The predicted molar refractivity (Wildman–Crippen MR) is 75.7 cm³/mol. The van der Waals surface area contributed by atoms with Gasteiger partial charge in [0.1, 0.15) is 12.4 Å². The van der Waals surface area contributed by atoms with Crippen LogP contribution in [0, 0.1) is 5.82 Å². The van der Waals surface area contributed by atoms with E-state index in [1.165, 1.54) is 43.5 Å². The first-order valence-corrected chi connectivity index (χ1v) is 6.37. The second-order valence-corrected chi connectivity index (χ2v) is 4.63. The molecule has 0 atom stereocenters. The molecule has 0 fully saturated rings. The first kappa shape index (κ1) is 15.1. The van der Waals surface area contributed by atoms with Crippen LogP contribution in [-0.4, -0.2) is 18.2 Å². The van der Waals surface area contributed by atoms with E-state index in [4.69, 9.17) is 26.2 Å². The van der Waals surface area contributed by atoms with Crippen molar-refractivity contribution in [3.8, 4) is 11.5 Å². The normalized spacial score (nSPS) is 10.2. The second kappa shape index (κ2) is 6.45. The number of hydrogen-bond donors (Lipinski definition) is 1. The summed E-state index contributed by atoms with van der Waals surface area (Å²) >= 11 is 5.80. The number of aromatic carboxylic acids is 1. The average molecular weight is 311 g/mol. The van der Waals surface area contributed by atoms with Gasteiger partial charge in [0.05, 0.1) is 12.7 Å². The van der Waals surface area contributed by atoms with Crippen molar-refractivity contribution in [3.05, 3.63) is 58.4 Å². The molecular weight excluding hydrogens is 299 g/mol. The molecule has 0 saturated heterocycles. The average Bonchev–Trinajstić information content (AvgIpc) is 2.47. The number of ether oxygens (including phenoxy) is 2. The molecule has 2 aromatic rings. The Kier molecular flexibility index (Phi) is 4.65. The maximum absolute atomic E-state index is 13.6. The van der Waals surface area contributed by atoms with Crippen LogP contribution in [0.3, 0.4) is 0 Å². The Morgan fingerprint density at radius 2 is 2.00 bits per heavy atom. The maximum Gasteiger partial charge on any atom is 0.335 e. The quantitative estimate of drug-likeness (QED) is 0.913. The Morgan fingerprint density at radius 3 is 2.67 bits per heavy atom. The summed E-state index contributed by atoms with van der Waals surface area (Å²) in [5, 5.41) is 9.32. The van der Waals surface area contributed by atoms with Crippen LogP contribution in [0.2, 0.25) is 5.02 Å². The lowest BCUT2D eigenvalue weighted by Gasteiger charge is -2.12. The molecule has 21 heavy (non-hydrogen) atoms. The molecule has 0 radical (unpaired) electrons. The molecular formula is C15H12ClFO4. The van der Waals surface area contributed by atoms with Crippen molar-refractivity contribution < 1.29 is 23.8 Å². The highest BCUT2D eigenvalue weighted by molar-refractivity contribution is 6.30. The van der Waals surface area contributed by atoms with Gasteiger partial charge in [0.15, 0.2) is 11.5 Å². The molecule has 0 aromatic heterocycles. The summed E-state index contributed by atoms with van der Waals surface area (Å²) < 4.78 is 24.1. The molecule has 0 aliphatic carbocycles. The molecule has 0 unspecified atom stereocenters. The third-order valence-electron chi connectivity index (χ3n) is 2.80. The molecule has 0 amide bonds.